The molecular formula is C128H89N11O. The standard InChI is InChI=1S/C43H30N4.C43H31N3.C42H28N4O/c1-43(2)35-26-29(47-36-15-8-6-13-31(36)32-14-7-9-16-37(32)47)18-20-30(35)33-21-22-38-40(41(33)43)34-19-17-27(42-44-23-10-24-45-42)25-39(34)46(38)28-11-4-3-5-12-28;1-43(2)35-21-13-12-20-32(35)33-24-25-38-40(41(33)43)34-23-22-30(26-39(34)46(38)31-18-10-5-11-19-31)42-44-36(28-14-6-3-7-15-28)27-37(45-42)29-16-8-4-9-17-29;1-42(2)34-16-12-25(26-14-19-38-32(21-26)29-10-6-7-11-37(29)47-38)20-31(34)30-15-18-36-39(40(30)42)33-22-27(41-44-23-43-24-45-41)13-17-35(33)46(36)28-8-4-3-5-9-28/h3-26H,1-2H3;3-27H,1-2H3;3-24H,1-2H3. The third-order valence-corrected chi connectivity index (χ3v) is 29.8. The van der Waals surface area contributed by atoms with Crippen molar-refractivity contribution in [3.63, 3.8) is 0 Å². The normalized spacial score (nSPS) is 13.4. The highest BCUT2D eigenvalue weighted by atomic mass is 16.3. The Morgan fingerprint density at radius 3 is 1.19 bits per heavy atom. The van der Waals surface area contributed by atoms with E-state index in [-0.39, 0.29) is 16.2 Å². The molecule has 26 aromatic rings. The van der Waals surface area contributed by atoms with Crippen LogP contribution in [-0.4, -0.2) is 53.2 Å². The van der Waals surface area contributed by atoms with Crippen LogP contribution in [0.1, 0.15) is 74.9 Å². The van der Waals surface area contributed by atoms with Gasteiger partial charge in [0.2, 0.25) is 0 Å². The molecule has 0 fully saturated rings. The van der Waals surface area contributed by atoms with E-state index < -0.39 is 0 Å². The molecule has 18 aromatic carbocycles. The van der Waals surface area contributed by atoms with Gasteiger partial charge in [-0.25, -0.2) is 34.9 Å². The Morgan fingerprint density at radius 1 is 0.214 bits per heavy atom. The van der Waals surface area contributed by atoms with Gasteiger partial charge in [0.1, 0.15) is 23.8 Å². The molecule has 3 aliphatic rings. The van der Waals surface area contributed by atoms with Gasteiger partial charge in [0.15, 0.2) is 17.5 Å². The summed E-state index contributed by atoms with van der Waals surface area (Å²) in [6, 6.07) is 146. The number of benzene rings is 18. The fraction of sp³-hybridized carbons (Fsp3) is 0.0703. The van der Waals surface area contributed by atoms with Crippen LogP contribution in [0.3, 0.4) is 0 Å². The Balaban J connectivity index is 0.000000105. The molecule has 0 atom stereocenters. The van der Waals surface area contributed by atoms with Gasteiger partial charge in [0.25, 0.3) is 0 Å². The van der Waals surface area contributed by atoms with Crippen molar-refractivity contribution in [1.82, 2.24) is 53.2 Å². The number of fused-ring (bicyclic) bond motifs is 27. The molecule has 8 aromatic heterocycles. The monoisotopic (exact) mass is 1800 g/mol. The number of nitrogens with zero attached hydrogens (tertiary/aromatic N) is 11. The summed E-state index contributed by atoms with van der Waals surface area (Å²) in [5.74, 6) is 2.12. The molecule has 3 aliphatic carbocycles. The first-order valence-corrected chi connectivity index (χ1v) is 47.9. The van der Waals surface area contributed by atoms with E-state index in [4.69, 9.17) is 14.4 Å². The Kier molecular flexibility index (Phi) is 18.4. The van der Waals surface area contributed by atoms with Crippen LogP contribution in [0.4, 0.5) is 0 Å². The SMILES string of the molecule is CC1(C)c2cc(-n3c4ccccc4c4ccccc43)ccc2-c2ccc3c(c21)c1ccc(-c2ncccn2)cc1n3-c1ccccc1.CC1(C)c2ccc(-c3ccc4oc5ccccc5c4c3)cc2-c2ccc3c(c21)c1cc(-c2ncncn2)ccc1n3-c1ccccc1.CC1(C)c2ccccc2-c2ccc3c(c21)c1ccc(-c2nc(-c4ccccc4)cc(-c4ccccc4)n2)cc1n3-c1ccccc1. The average molecular weight is 1800 g/mol. The van der Waals surface area contributed by atoms with Crippen LogP contribution in [0.5, 0.6) is 0 Å². The Labute approximate surface area is 807 Å². The van der Waals surface area contributed by atoms with E-state index in [0.717, 1.165) is 101 Å². The zero-order chi connectivity index (χ0) is 93.4. The number of furan rings is 1. The second-order valence-corrected chi connectivity index (χ2v) is 38.7. The van der Waals surface area contributed by atoms with Crippen molar-refractivity contribution >= 4 is 109 Å². The minimum atomic E-state index is -0.226. The largest absolute Gasteiger partial charge is 0.456 e. The quantitative estimate of drug-likeness (QED) is 0.133. The van der Waals surface area contributed by atoms with E-state index in [1.54, 1.807) is 25.0 Å². The first-order valence-electron chi connectivity index (χ1n) is 47.9. The second-order valence-electron chi connectivity index (χ2n) is 38.7. The predicted molar refractivity (Wildman–Crippen MR) is 574 cm³/mol. The van der Waals surface area contributed by atoms with Gasteiger partial charge in [0, 0.05) is 133 Å². The van der Waals surface area contributed by atoms with Crippen LogP contribution >= 0.6 is 0 Å². The van der Waals surface area contributed by atoms with E-state index in [2.05, 4.69) is 461 Å². The molecular weight excluding hydrogens is 1710 g/mol. The summed E-state index contributed by atoms with van der Waals surface area (Å²) in [7, 11) is 0. The minimum absolute atomic E-state index is 0.127. The van der Waals surface area contributed by atoms with E-state index >= 15 is 0 Å². The van der Waals surface area contributed by atoms with Crippen molar-refractivity contribution in [3.8, 4) is 124 Å². The van der Waals surface area contributed by atoms with Crippen LogP contribution < -0.4 is 0 Å². The number of aromatic nitrogens is 11. The van der Waals surface area contributed by atoms with Gasteiger partial charge in [-0.15, -0.1) is 0 Å². The maximum atomic E-state index is 6.12. The van der Waals surface area contributed by atoms with Gasteiger partial charge in [-0.1, -0.05) is 302 Å². The zero-order valence-electron chi connectivity index (χ0n) is 77.8. The Morgan fingerprint density at radius 2 is 0.607 bits per heavy atom. The number of hydrogen-bond acceptors (Lipinski definition) is 8. The molecule has 12 heteroatoms. The summed E-state index contributed by atoms with van der Waals surface area (Å²) in [5.41, 5.74) is 40.8. The lowest BCUT2D eigenvalue weighted by molar-refractivity contribution is 0.666. The van der Waals surface area contributed by atoms with Crippen LogP contribution in [0.15, 0.2) is 436 Å². The molecule has 0 spiro atoms. The number of para-hydroxylation sites is 6. The van der Waals surface area contributed by atoms with Gasteiger partial charge in [0.05, 0.1) is 55.5 Å². The molecule has 0 saturated carbocycles. The molecule has 0 radical (unpaired) electrons. The second kappa shape index (κ2) is 31.6. The van der Waals surface area contributed by atoms with Crippen molar-refractivity contribution in [3.05, 3.63) is 465 Å². The van der Waals surface area contributed by atoms with E-state index in [1.807, 2.05) is 30.3 Å². The van der Waals surface area contributed by atoms with E-state index in [9.17, 15) is 0 Å². The summed E-state index contributed by atoms with van der Waals surface area (Å²) in [4.78, 5) is 32.4. The highest BCUT2D eigenvalue weighted by molar-refractivity contribution is 6.19. The summed E-state index contributed by atoms with van der Waals surface area (Å²) >= 11 is 0. The Hall–Kier alpha value is -17.9. The highest BCUT2D eigenvalue weighted by Gasteiger charge is 2.43. The average Bonchev–Trinajstić information content (AvgIpc) is 1.54. The van der Waals surface area contributed by atoms with Crippen molar-refractivity contribution in [1.29, 1.82) is 0 Å². The molecule has 8 heterocycles. The van der Waals surface area contributed by atoms with Crippen LogP contribution in [0.2, 0.25) is 0 Å². The summed E-state index contributed by atoms with van der Waals surface area (Å²) in [6.07, 6.45) is 6.72. The minimum Gasteiger partial charge on any atom is -0.456 e. The fourth-order valence-corrected chi connectivity index (χ4v) is 23.5. The lowest BCUT2D eigenvalue weighted by Crippen LogP contribution is -2.16. The third-order valence-electron chi connectivity index (χ3n) is 29.8. The molecule has 662 valence electrons. The van der Waals surface area contributed by atoms with Crippen LogP contribution in [0.25, 0.3) is 233 Å². The van der Waals surface area contributed by atoms with Gasteiger partial charge >= 0.3 is 0 Å². The van der Waals surface area contributed by atoms with Crippen LogP contribution in [0, 0.1) is 0 Å². The predicted octanol–water partition coefficient (Wildman–Crippen LogP) is 32.0. The Bertz CT molecular complexity index is 9460. The molecule has 29 rings (SSSR count). The lowest BCUT2D eigenvalue weighted by Gasteiger charge is -2.23. The van der Waals surface area contributed by atoms with Crippen molar-refractivity contribution in [2.24, 2.45) is 0 Å². The van der Waals surface area contributed by atoms with Gasteiger partial charge in [-0.3, -0.25) is 0 Å². The smallest absolute Gasteiger partial charge is 0.162 e. The third kappa shape index (κ3) is 12.6. The van der Waals surface area contributed by atoms with Crippen molar-refractivity contribution in [2.45, 2.75) is 57.8 Å². The number of rotatable bonds is 10. The molecule has 0 aliphatic heterocycles. The maximum absolute atomic E-state index is 6.12. The molecule has 0 amide bonds. The van der Waals surface area contributed by atoms with Crippen molar-refractivity contribution < 1.29 is 4.42 Å². The van der Waals surface area contributed by atoms with Crippen molar-refractivity contribution in [2.75, 3.05) is 0 Å². The van der Waals surface area contributed by atoms with E-state index in [0.29, 0.717) is 11.6 Å². The molecule has 0 unspecified atom stereocenters. The molecule has 0 N–H and O–H groups in total. The van der Waals surface area contributed by atoms with Crippen LogP contribution in [-0.2, 0) is 16.2 Å². The maximum Gasteiger partial charge on any atom is 0.162 e. The van der Waals surface area contributed by atoms with Gasteiger partial charge in [-0.2, -0.15) is 0 Å². The number of hydrogen-bond donors (Lipinski definition) is 0. The van der Waals surface area contributed by atoms with E-state index in [1.165, 1.54) is 154 Å². The first kappa shape index (κ1) is 81.7. The first-order chi connectivity index (χ1) is 68.7. The summed E-state index contributed by atoms with van der Waals surface area (Å²) in [6.45, 7) is 14.2. The summed E-state index contributed by atoms with van der Waals surface area (Å²) in [5, 5.41) is 12.4. The van der Waals surface area contributed by atoms with Gasteiger partial charge in [-0.05, 0) is 223 Å². The molecule has 12 nitrogen and oxygen atoms in total. The molecule has 140 heavy (non-hydrogen) atoms. The molecule has 0 saturated heterocycles. The van der Waals surface area contributed by atoms with Gasteiger partial charge < -0.3 is 22.7 Å². The zero-order valence-corrected chi connectivity index (χ0v) is 77.8. The topological polar surface area (TPSA) is 123 Å². The summed E-state index contributed by atoms with van der Waals surface area (Å²) < 4.78 is 15.7. The fourth-order valence-electron chi connectivity index (χ4n) is 23.5. The highest BCUT2D eigenvalue weighted by Crippen LogP contribution is 2.59. The lowest BCUT2D eigenvalue weighted by atomic mass is 9.80. The molecule has 0 bridgehead atoms.